The van der Waals surface area contributed by atoms with Crippen LogP contribution in [0, 0.1) is 6.92 Å². The molecule has 0 bridgehead atoms. The van der Waals surface area contributed by atoms with Gasteiger partial charge in [0, 0.05) is 13.1 Å². The molecule has 0 aliphatic carbocycles. The molecule has 1 fully saturated rings. The van der Waals surface area contributed by atoms with Crippen LogP contribution in [0.25, 0.3) is 0 Å². The molecular formula is C15H23N3O3. The van der Waals surface area contributed by atoms with Gasteiger partial charge in [-0.3, -0.25) is 0 Å². The van der Waals surface area contributed by atoms with Gasteiger partial charge in [-0.1, -0.05) is 12.8 Å². The number of ether oxygens (including phenoxy) is 1. The van der Waals surface area contributed by atoms with E-state index in [-0.39, 0.29) is 0 Å². The minimum atomic E-state index is -0.396. The Kier molecular flexibility index (Phi) is 5.25. The van der Waals surface area contributed by atoms with Gasteiger partial charge in [0.1, 0.15) is 23.6 Å². The third-order valence-corrected chi connectivity index (χ3v) is 3.70. The number of carbonyl (C=O) groups is 1. The fourth-order valence-electron chi connectivity index (χ4n) is 2.49. The molecule has 0 unspecified atom stereocenters. The Labute approximate surface area is 125 Å². The molecule has 116 valence electrons. The van der Waals surface area contributed by atoms with Gasteiger partial charge in [-0.2, -0.15) is 0 Å². The maximum absolute atomic E-state index is 11.5. The lowest BCUT2D eigenvalue weighted by Crippen LogP contribution is -2.38. The van der Waals surface area contributed by atoms with E-state index < -0.39 is 5.97 Å². The van der Waals surface area contributed by atoms with Gasteiger partial charge < -0.3 is 19.8 Å². The first kappa shape index (κ1) is 15.4. The Morgan fingerprint density at radius 3 is 2.67 bits per heavy atom. The largest absolute Gasteiger partial charge is 0.465 e. The molecule has 2 rings (SSSR count). The van der Waals surface area contributed by atoms with Crippen LogP contribution in [0.4, 0.5) is 0 Å². The minimum absolute atomic E-state index is 0.333. The third kappa shape index (κ3) is 4.00. The summed E-state index contributed by atoms with van der Waals surface area (Å²) in [5, 5.41) is 0. The molecule has 6 nitrogen and oxygen atoms in total. The van der Waals surface area contributed by atoms with Gasteiger partial charge in [0.05, 0.1) is 7.11 Å². The quantitative estimate of drug-likeness (QED) is 0.524. The van der Waals surface area contributed by atoms with Crippen molar-refractivity contribution in [2.45, 2.75) is 39.2 Å². The number of methoxy groups -OCH3 is 1. The summed E-state index contributed by atoms with van der Waals surface area (Å²) in [5.41, 5.74) is 6.48. The minimum Gasteiger partial charge on any atom is -0.465 e. The number of nitrogens with two attached hydrogens (primary N) is 1. The number of aliphatic imine (C=N–C) groups is 1. The van der Waals surface area contributed by atoms with Crippen molar-refractivity contribution in [3.8, 4) is 0 Å². The lowest BCUT2D eigenvalue weighted by Gasteiger charge is -2.20. The van der Waals surface area contributed by atoms with Crippen LogP contribution >= 0.6 is 0 Å². The number of hydrogen-bond acceptors (Lipinski definition) is 4. The maximum Gasteiger partial charge on any atom is 0.341 e. The van der Waals surface area contributed by atoms with Gasteiger partial charge >= 0.3 is 5.97 Å². The van der Waals surface area contributed by atoms with Crippen LogP contribution in [0.5, 0.6) is 0 Å². The number of rotatable bonds is 3. The molecule has 1 aromatic heterocycles. The molecule has 0 spiro atoms. The summed E-state index contributed by atoms with van der Waals surface area (Å²) in [6.45, 7) is 3.98. The number of hydrogen-bond donors (Lipinski definition) is 1. The van der Waals surface area contributed by atoms with Crippen LogP contribution < -0.4 is 5.73 Å². The molecule has 1 aliphatic rings. The van der Waals surface area contributed by atoms with Gasteiger partial charge in [-0.15, -0.1) is 0 Å². The van der Waals surface area contributed by atoms with Gasteiger partial charge in [0.25, 0.3) is 0 Å². The predicted molar refractivity (Wildman–Crippen MR) is 80.2 cm³/mol. The summed E-state index contributed by atoms with van der Waals surface area (Å²) in [6, 6.07) is 1.67. The van der Waals surface area contributed by atoms with Crippen molar-refractivity contribution in [3.05, 3.63) is 23.2 Å². The zero-order valence-electron chi connectivity index (χ0n) is 12.7. The molecule has 0 atom stereocenters. The number of aryl methyl sites for hydroxylation is 1. The van der Waals surface area contributed by atoms with Gasteiger partial charge in [-0.05, 0) is 25.8 Å². The molecule has 0 aromatic carbocycles. The van der Waals surface area contributed by atoms with Crippen molar-refractivity contribution in [3.63, 3.8) is 0 Å². The smallest absolute Gasteiger partial charge is 0.341 e. The highest BCUT2D eigenvalue weighted by atomic mass is 16.5. The van der Waals surface area contributed by atoms with E-state index in [1.165, 1.54) is 20.0 Å². The van der Waals surface area contributed by atoms with E-state index in [1.54, 1.807) is 13.0 Å². The van der Waals surface area contributed by atoms with Crippen LogP contribution in [-0.2, 0) is 11.3 Å². The first-order chi connectivity index (χ1) is 10.1. The topological polar surface area (TPSA) is 81.1 Å². The predicted octanol–water partition coefficient (Wildman–Crippen LogP) is 2.07. The van der Waals surface area contributed by atoms with Crippen molar-refractivity contribution in [2.75, 3.05) is 20.2 Å². The first-order valence-corrected chi connectivity index (χ1v) is 7.34. The normalized spacial score (nSPS) is 16.7. The number of guanidine groups is 1. The SMILES string of the molecule is COC(=O)c1cc(CN=C(N)N2CCCCCC2)oc1C. The molecular weight excluding hydrogens is 270 g/mol. The zero-order valence-corrected chi connectivity index (χ0v) is 12.7. The van der Waals surface area contributed by atoms with Crippen LogP contribution in [0.15, 0.2) is 15.5 Å². The molecule has 1 aliphatic heterocycles. The fourth-order valence-corrected chi connectivity index (χ4v) is 2.49. The Hall–Kier alpha value is -1.98. The van der Waals surface area contributed by atoms with Crippen LogP contribution in [0.1, 0.15) is 47.6 Å². The number of esters is 1. The molecule has 2 heterocycles. The van der Waals surface area contributed by atoms with Gasteiger partial charge in [0.2, 0.25) is 0 Å². The standard InChI is InChI=1S/C15H23N3O3/c1-11-13(14(19)20-2)9-12(21-11)10-17-15(16)18-7-5-3-4-6-8-18/h9H,3-8,10H2,1-2H3,(H2,16,17). The van der Waals surface area contributed by atoms with E-state index in [9.17, 15) is 4.79 Å². The lowest BCUT2D eigenvalue weighted by atomic mass is 10.2. The maximum atomic E-state index is 11.5. The summed E-state index contributed by atoms with van der Waals surface area (Å²) in [5.74, 6) is 1.31. The number of carbonyl (C=O) groups excluding carboxylic acids is 1. The van der Waals surface area contributed by atoms with E-state index in [0.717, 1.165) is 25.9 Å². The summed E-state index contributed by atoms with van der Waals surface area (Å²) in [6.07, 6.45) is 4.82. The molecule has 0 radical (unpaired) electrons. The monoisotopic (exact) mass is 293 g/mol. The van der Waals surface area contributed by atoms with Crippen LogP contribution in [0.3, 0.4) is 0 Å². The van der Waals surface area contributed by atoms with Crippen LogP contribution in [0.2, 0.25) is 0 Å². The van der Waals surface area contributed by atoms with E-state index in [2.05, 4.69) is 9.89 Å². The van der Waals surface area contributed by atoms with Gasteiger partial charge in [0.15, 0.2) is 5.96 Å². The second kappa shape index (κ2) is 7.15. The molecule has 0 amide bonds. The highest BCUT2D eigenvalue weighted by molar-refractivity contribution is 5.90. The molecule has 6 heteroatoms. The van der Waals surface area contributed by atoms with E-state index in [0.29, 0.717) is 29.6 Å². The first-order valence-electron chi connectivity index (χ1n) is 7.34. The molecule has 21 heavy (non-hydrogen) atoms. The second-order valence-corrected chi connectivity index (χ2v) is 5.25. The highest BCUT2D eigenvalue weighted by Gasteiger charge is 2.16. The van der Waals surface area contributed by atoms with E-state index >= 15 is 0 Å². The average molecular weight is 293 g/mol. The van der Waals surface area contributed by atoms with Crippen molar-refractivity contribution < 1.29 is 13.9 Å². The van der Waals surface area contributed by atoms with E-state index in [1.807, 2.05) is 0 Å². The second-order valence-electron chi connectivity index (χ2n) is 5.25. The zero-order chi connectivity index (χ0) is 15.2. The Balaban J connectivity index is 2.00. The number of nitrogens with zero attached hydrogens (tertiary/aromatic N) is 2. The highest BCUT2D eigenvalue weighted by Crippen LogP contribution is 2.16. The Morgan fingerprint density at radius 2 is 2.05 bits per heavy atom. The van der Waals surface area contributed by atoms with Crippen LogP contribution in [-0.4, -0.2) is 37.0 Å². The Bertz CT molecular complexity index is 514. The third-order valence-electron chi connectivity index (χ3n) is 3.70. The van der Waals surface area contributed by atoms with Crippen molar-refractivity contribution in [2.24, 2.45) is 10.7 Å². The molecule has 1 saturated heterocycles. The number of likely N-dealkylation sites (tertiary alicyclic amines) is 1. The molecule has 2 N–H and O–H groups in total. The Morgan fingerprint density at radius 1 is 1.38 bits per heavy atom. The van der Waals surface area contributed by atoms with E-state index in [4.69, 9.17) is 14.9 Å². The molecule has 1 aromatic rings. The summed E-state index contributed by atoms with van der Waals surface area (Å²) >= 11 is 0. The van der Waals surface area contributed by atoms with Crippen molar-refractivity contribution >= 4 is 11.9 Å². The number of furan rings is 1. The fraction of sp³-hybridized carbons (Fsp3) is 0.600. The summed E-state index contributed by atoms with van der Waals surface area (Å²) in [7, 11) is 1.35. The summed E-state index contributed by atoms with van der Waals surface area (Å²) < 4.78 is 10.2. The van der Waals surface area contributed by atoms with Crippen molar-refractivity contribution in [1.82, 2.24) is 4.90 Å². The van der Waals surface area contributed by atoms with Gasteiger partial charge in [-0.25, -0.2) is 9.79 Å². The van der Waals surface area contributed by atoms with Crippen molar-refractivity contribution in [1.29, 1.82) is 0 Å². The molecule has 0 saturated carbocycles. The lowest BCUT2D eigenvalue weighted by molar-refractivity contribution is 0.0599. The summed E-state index contributed by atoms with van der Waals surface area (Å²) in [4.78, 5) is 18.0. The average Bonchev–Trinajstić information content (AvgIpc) is 2.69.